The molecule has 4 heteroatoms. The van der Waals surface area contributed by atoms with Crippen molar-refractivity contribution in [3.63, 3.8) is 0 Å². The van der Waals surface area contributed by atoms with Crippen molar-refractivity contribution in [2.75, 3.05) is 0 Å². The number of aliphatic imine (C=N–C) groups is 2. The summed E-state index contributed by atoms with van der Waals surface area (Å²) in [4.78, 5) is 9.40. The average Bonchev–Trinajstić information content (AvgIpc) is 3.00. The third-order valence-electron chi connectivity index (χ3n) is 7.15. The SMILES string of the molecule is [B]c1ccc(-c2ccc(C(F)=NC(=NC(C)c3ccc4ccccc4c3)c3ccc4ccccc4c3)cc2)cc1. The number of fused-ring (bicyclic) bond motifs is 2. The fraction of sp³-hybridized carbons (Fsp3) is 0.0556. The Bertz CT molecular complexity index is 1870. The van der Waals surface area contributed by atoms with Gasteiger partial charge in [-0.15, -0.1) is 0 Å². The molecule has 0 aliphatic carbocycles. The third kappa shape index (κ3) is 5.48. The number of nitrogens with zero attached hydrogens (tertiary/aromatic N) is 2. The third-order valence-corrected chi connectivity index (χ3v) is 7.15. The van der Waals surface area contributed by atoms with Gasteiger partial charge in [0, 0.05) is 11.1 Å². The molecular formula is C36H26BFN2. The average molecular weight is 516 g/mol. The van der Waals surface area contributed by atoms with E-state index in [1.54, 1.807) is 12.1 Å². The molecule has 2 nitrogen and oxygen atoms in total. The van der Waals surface area contributed by atoms with E-state index in [0.29, 0.717) is 16.9 Å². The molecule has 0 aromatic heterocycles. The minimum atomic E-state index is -0.582. The Labute approximate surface area is 235 Å². The van der Waals surface area contributed by atoms with Gasteiger partial charge in [-0.25, -0.2) is 0 Å². The second-order valence-electron chi connectivity index (χ2n) is 9.90. The Morgan fingerprint density at radius 1 is 0.600 bits per heavy atom. The van der Waals surface area contributed by atoms with Gasteiger partial charge < -0.3 is 0 Å². The van der Waals surface area contributed by atoms with E-state index < -0.39 is 5.97 Å². The molecule has 1 atom stereocenters. The first-order valence-corrected chi connectivity index (χ1v) is 13.3. The lowest BCUT2D eigenvalue weighted by Crippen LogP contribution is -2.05. The summed E-state index contributed by atoms with van der Waals surface area (Å²) in [5.41, 5.74) is 4.90. The van der Waals surface area contributed by atoms with Crippen LogP contribution in [-0.4, -0.2) is 19.6 Å². The van der Waals surface area contributed by atoms with E-state index in [2.05, 4.69) is 41.4 Å². The van der Waals surface area contributed by atoms with Crippen molar-refractivity contribution >= 4 is 46.7 Å². The first-order valence-electron chi connectivity index (χ1n) is 13.3. The van der Waals surface area contributed by atoms with Crippen molar-refractivity contribution in [2.24, 2.45) is 9.98 Å². The molecule has 0 bridgehead atoms. The summed E-state index contributed by atoms with van der Waals surface area (Å²) < 4.78 is 15.7. The standard InChI is InChI=1S/C36H26BFN2/c1-24(30-16-12-25-6-2-4-8-31(25)22-30)39-36(33-17-13-26-7-3-5-9-32(26)23-33)40-35(38)29-14-10-27(11-15-29)28-18-20-34(37)21-19-28/h2-24H,1H3. The molecule has 0 saturated heterocycles. The van der Waals surface area contributed by atoms with E-state index in [4.69, 9.17) is 12.8 Å². The number of hydrogen-bond donors (Lipinski definition) is 0. The Morgan fingerprint density at radius 3 is 1.77 bits per heavy atom. The molecule has 6 aromatic carbocycles. The predicted molar refractivity (Wildman–Crippen MR) is 168 cm³/mol. The van der Waals surface area contributed by atoms with Crippen LogP contribution in [-0.2, 0) is 0 Å². The molecule has 0 N–H and O–H groups in total. The fourth-order valence-electron chi connectivity index (χ4n) is 4.86. The van der Waals surface area contributed by atoms with Crippen LogP contribution in [0.3, 0.4) is 0 Å². The number of rotatable bonds is 5. The fourth-order valence-corrected chi connectivity index (χ4v) is 4.86. The van der Waals surface area contributed by atoms with Gasteiger partial charge in [-0.05, 0) is 69.4 Å². The highest BCUT2D eigenvalue weighted by molar-refractivity contribution is 6.32. The Hall–Kier alpha value is -4.83. The topological polar surface area (TPSA) is 24.7 Å². The van der Waals surface area contributed by atoms with Crippen molar-refractivity contribution in [3.05, 3.63) is 150 Å². The van der Waals surface area contributed by atoms with E-state index in [1.165, 1.54) is 5.39 Å². The van der Waals surface area contributed by atoms with Crippen LogP contribution in [0.1, 0.15) is 29.7 Å². The number of hydrogen-bond acceptors (Lipinski definition) is 1. The molecule has 0 heterocycles. The molecule has 1 unspecified atom stereocenters. The van der Waals surface area contributed by atoms with Crippen LogP contribution in [0, 0.1) is 0 Å². The normalized spacial score (nSPS) is 13.1. The molecule has 190 valence electrons. The molecule has 0 amide bonds. The summed E-state index contributed by atoms with van der Waals surface area (Å²) in [5.74, 6) is -0.229. The zero-order chi connectivity index (χ0) is 27.5. The van der Waals surface area contributed by atoms with E-state index >= 15 is 4.39 Å². The monoisotopic (exact) mass is 516 g/mol. The van der Waals surface area contributed by atoms with Gasteiger partial charge in [-0.2, -0.15) is 9.38 Å². The van der Waals surface area contributed by atoms with Crippen LogP contribution in [0.4, 0.5) is 4.39 Å². The van der Waals surface area contributed by atoms with Crippen LogP contribution in [0.5, 0.6) is 0 Å². The maximum atomic E-state index is 15.7. The smallest absolute Gasteiger partial charge is 0.222 e. The number of halogens is 1. The largest absolute Gasteiger partial charge is 0.258 e. The van der Waals surface area contributed by atoms with Crippen molar-refractivity contribution in [1.82, 2.24) is 0 Å². The number of benzene rings is 6. The first kappa shape index (κ1) is 25.5. The second kappa shape index (κ2) is 11.1. The lowest BCUT2D eigenvalue weighted by molar-refractivity contribution is 0.801. The molecule has 2 radical (unpaired) electrons. The van der Waals surface area contributed by atoms with E-state index in [-0.39, 0.29) is 6.04 Å². The molecule has 6 aromatic rings. The van der Waals surface area contributed by atoms with Gasteiger partial charge in [0.05, 0.1) is 6.04 Å². The van der Waals surface area contributed by atoms with Crippen LogP contribution in [0.2, 0.25) is 0 Å². The highest BCUT2D eigenvalue weighted by Gasteiger charge is 2.12. The lowest BCUT2D eigenvalue weighted by atomic mass is 9.93. The highest BCUT2D eigenvalue weighted by atomic mass is 19.1. The van der Waals surface area contributed by atoms with Crippen LogP contribution in [0.25, 0.3) is 32.7 Å². The summed E-state index contributed by atoms with van der Waals surface area (Å²) in [6.07, 6.45) is 0. The van der Waals surface area contributed by atoms with Gasteiger partial charge in [0.2, 0.25) is 5.97 Å². The van der Waals surface area contributed by atoms with E-state index in [1.807, 2.05) is 91.9 Å². The minimum absolute atomic E-state index is 0.226. The van der Waals surface area contributed by atoms with Crippen molar-refractivity contribution < 1.29 is 4.39 Å². The van der Waals surface area contributed by atoms with E-state index in [9.17, 15) is 0 Å². The lowest BCUT2D eigenvalue weighted by Gasteiger charge is -2.12. The summed E-state index contributed by atoms with van der Waals surface area (Å²) in [6.45, 7) is 2.01. The second-order valence-corrected chi connectivity index (χ2v) is 9.90. The van der Waals surface area contributed by atoms with Crippen molar-refractivity contribution in [2.45, 2.75) is 13.0 Å². The van der Waals surface area contributed by atoms with Crippen LogP contribution < -0.4 is 5.46 Å². The maximum absolute atomic E-state index is 15.7. The molecule has 0 spiro atoms. The highest BCUT2D eigenvalue weighted by Crippen LogP contribution is 2.25. The predicted octanol–water partition coefficient (Wildman–Crippen LogP) is 8.38. The summed E-state index contributed by atoms with van der Waals surface area (Å²) in [7, 11) is 5.81. The summed E-state index contributed by atoms with van der Waals surface area (Å²) in [5, 5.41) is 4.47. The molecule has 40 heavy (non-hydrogen) atoms. The summed E-state index contributed by atoms with van der Waals surface area (Å²) >= 11 is 0. The van der Waals surface area contributed by atoms with E-state index in [0.717, 1.165) is 38.4 Å². The number of amidine groups is 1. The van der Waals surface area contributed by atoms with Gasteiger partial charge in [-0.1, -0.05) is 115 Å². The van der Waals surface area contributed by atoms with Gasteiger partial charge >= 0.3 is 0 Å². The quantitative estimate of drug-likeness (QED) is 0.125. The Morgan fingerprint density at radius 2 is 1.12 bits per heavy atom. The van der Waals surface area contributed by atoms with Crippen LogP contribution >= 0.6 is 0 Å². The van der Waals surface area contributed by atoms with Gasteiger partial charge in [0.25, 0.3) is 0 Å². The molecule has 0 fully saturated rings. The maximum Gasteiger partial charge on any atom is 0.222 e. The van der Waals surface area contributed by atoms with Gasteiger partial charge in [0.15, 0.2) is 5.84 Å². The van der Waals surface area contributed by atoms with Crippen LogP contribution in [0.15, 0.2) is 143 Å². The molecule has 0 saturated carbocycles. The molecular weight excluding hydrogens is 490 g/mol. The summed E-state index contributed by atoms with van der Waals surface area (Å²) in [6, 6.07) is 43.3. The Balaban J connectivity index is 1.38. The molecule has 6 rings (SSSR count). The molecule has 0 aliphatic heterocycles. The van der Waals surface area contributed by atoms with Crippen molar-refractivity contribution in [3.8, 4) is 11.1 Å². The van der Waals surface area contributed by atoms with Gasteiger partial charge in [-0.3, -0.25) is 4.99 Å². The molecule has 0 aliphatic rings. The zero-order valence-electron chi connectivity index (χ0n) is 22.1. The van der Waals surface area contributed by atoms with Gasteiger partial charge in [0.1, 0.15) is 7.85 Å². The van der Waals surface area contributed by atoms with Crippen molar-refractivity contribution in [1.29, 1.82) is 0 Å². The Kier molecular flexibility index (Phi) is 7.07. The zero-order valence-corrected chi connectivity index (χ0v) is 22.1. The minimum Gasteiger partial charge on any atom is -0.258 e. The first-order chi connectivity index (χ1) is 19.5.